The summed E-state index contributed by atoms with van der Waals surface area (Å²) in [4.78, 5) is 15.9. The Balaban J connectivity index is 1.91. The SMILES string of the molecule is COc1ccc(NC(=O)c2csc(-c3ccc(Cl)cc3)c2CN(C)C)nn1. The molecular weight excluding hydrogens is 384 g/mol. The van der Waals surface area contributed by atoms with E-state index >= 15 is 0 Å². The van der Waals surface area contributed by atoms with Crippen molar-refractivity contribution >= 4 is 34.7 Å². The molecule has 0 spiro atoms. The maximum absolute atomic E-state index is 12.8. The Morgan fingerprint density at radius 1 is 1.19 bits per heavy atom. The zero-order valence-electron chi connectivity index (χ0n) is 15.2. The van der Waals surface area contributed by atoms with Gasteiger partial charge in [0.2, 0.25) is 5.88 Å². The Labute approximate surface area is 166 Å². The van der Waals surface area contributed by atoms with Gasteiger partial charge in [0.1, 0.15) is 0 Å². The number of hydrogen-bond acceptors (Lipinski definition) is 6. The second-order valence-electron chi connectivity index (χ2n) is 6.12. The zero-order chi connectivity index (χ0) is 19.4. The molecule has 2 heterocycles. The molecule has 0 aliphatic rings. The molecule has 0 saturated carbocycles. The summed E-state index contributed by atoms with van der Waals surface area (Å²) in [5, 5.41) is 13.2. The Hall–Kier alpha value is -2.48. The molecule has 0 aliphatic carbocycles. The third-order valence-electron chi connectivity index (χ3n) is 3.81. The van der Waals surface area contributed by atoms with Crippen LogP contribution in [0.25, 0.3) is 10.4 Å². The van der Waals surface area contributed by atoms with E-state index in [1.165, 1.54) is 18.4 Å². The van der Waals surface area contributed by atoms with Crippen molar-refractivity contribution in [3.63, 3.8) is 0 Å². The zero-order valence-corrected chi connectivity index (χ0v) is 16.8. The standard InChI is InChI=1S/C19H19ClN4O2S/c1-24(2)10-14-15(11-27-18(14)12-4-6-13(20)7-5-12)19(25)21-16-8-9-17(26-3)23-22-16/h4-9,11H,10H2,1-3H3,(H,21,22,25). The first-order valence-corrected chi connectivity index (χ1v) is 9.44. The molecule has 3 aromatic rings. The number of carbonyl (C=O) groups excluding carboxylic acids is 1. The van der Waals surface area contributed by atoms with E-state index in [1.54, 1.807) is 12.1 Å². The van der Waals surface area contributed by atoms with Crippen LogP contribution >= 0.6 is 22.9 Å². The van der Waals surface area contributed by atoms with E-state index < -0.39 is 0 Å². The average molecular weight is 403 g/mol. The average Bonchev–Trinajstić information content (AvgIpc) is 3.06. The van der Waals surface area contributed by atoms with Crippen molar-refractivity contribution in [2.24, 2.45) is 0 Å². The van der Waals surface area contributed by atoms with Gasteiger partial charge in [-0.2, -0.15) is 0 Å². The van der Waals surface area contributed by atoms with Gasteiger partial charge in [-0.15, -0.1) is 21.5 Å². The lowest BCUT2D eigenvalue weighted by molar-refractivity contribution is 0.102. The number of hydrogen-bond donors (Lipinski definition) is 1. The molecule has 0 bridgehead atoms. The van der Waals surface area contributed by atoms with E-state index in [-0.39, 0.29) is 5.91 Å². The lowest BCUT2D eigenvalue weighted by Gasteiger charge is -2.13. The largest absolute Gasteiger partial charge is 0.480 e. The lowest BCUT2D eigenvalue weighted by atomic mass is 10.0. The fraction of sp³-hybridized carbons (Fsp3) is 0.211. The summed E-state index contributed by atoms with van der Waals surface area (Å²) in [6, 6.07) is 10.9. The van der Waals surface area contributed by atoms with Gasteiger partial charge in [-0.25, -0.2) is 0 Å². The number of methoxy groups -OCH3 is 1. The Morgan fingerprint density at radius 3 is 2.52 bits per heavy atom. The minimum Gasteiger partial charge on any atom is -0.480 e. The van der Waals surface area contributed by atoms with Crippen LogP contribution in [0, 0.1) is 0 Å². The first kappa shape index (κ1) is 19.3. The number of amides is 1. The third kappa shape index (κ3) is 4.63. The van der Waals surface area contributed by atoms with E-state index in [9.17, 15) is 4.79 Å². The van der Waals surface area contributed by atoms with Crippen LogP contribution in [0.3, 0.4) is 0 Å². The van der Waals surface area contributed by atoms with Crippen LogP contribution in [0.5, 0.6) is 5.88 Å². The maximum atomic E-state index is 12.8. The number of rotatable bonds is 6. The first-order valence-electron chi connectivity index (χ1n) is 8.18. The number of nitrogens with zero attached hydrogens (tertiary/aromatic N) is 3. The molecule has 0 atom stereocenters. The van der Waals surface area contributed by atoms with Gasteiger partial charge in [-0.05, 0) is 43.4 Å². The lowest BCUT2D eigenvalue weighted by Crippen LogP contribution is -2.18. The van der Waals surface area contributed by atoms with E-state index in [0.29, 0.717) is 28.8 Å². The van der Waals surface area contributed by atoms with Gasteiger partial charge >= 0.3 is 0 Å². The van der Waals surface area contributed by atoms with Crippen molar-refractivity contribution < 1.29 is 9.53 Å². The van der Waals surface area contributed by atoms with Crippen molar-refractivity contribution in [2.45, 2.75) is 6.54 Å². The van der Waals surface area contributed by atoms with E-state index in [0.717, 1.165) is 16.0 Å². The summed E-state index contributed by atoms with van der Waals surface area (Å²) in [6.45, 7) is 0.637. The molecule has 27 heavy (non-hydrogen) atoms. The number of benzene rings is 1. The first-order chi connectivity index (χ1) is 13.0. The molecule has 1 amide bonds. The normalized spacial score (nSPS) is 10.9. The minimum absolute atomic E-state index is 0.220. The topological polar surface area (TPSA) is 67.3 Å². The number of halogens is 1. The van der Waals surface area contributed by atoms with Gasteiger partial charge in [-0.1, -0.05) is 23.7 Å². The smallest absolute Gasteiger partial charge is 0.258 e. The van der Waals surface area contributed by atoms with Crippen molar-refractivity contribution in [3.05, 3.63) is 57.9 Å². The predicted molar refractivity (Wildman–Crippen MR) is 109 cm³/mol. The number of nitrogens with one attached hydrogen (secondary N) is 1. The number of aromatic nitrogens is 2. The van der Waals surface area contributed by atoms with Crippen LogP contribution in [-0.2, 0) is 6.54 Å². The van der Waals surface area contributed by atoms with Gasteiger partial charge in [-0.3, -0.25) is 4.79 Å². The van der Waals surface area contributed by atoms with Crippen molar-refractivity contribution in [1.29, 1.82) is 0 Å². The van der Waals surface area contributed by atoms with Crippen molar-refractivity contribution in [1.82, 2.24) is 15.1 Å². The third-order valence-corrected chi connectivity index (χ3v) is 5.13. The summed E-state index contributed by atoms with van der Waals surface area (Å²) >= 11 is 7.54. The molecule has 1 aromatic carbocycles. The fourth-order valence-electron chi connectivity index (χ4n) is 2.57. The highest BCUT2D eigenvalue weighted by Crippen LogP contribution is 2.34. The molecule has 8 heteroatoms. The van der Waals surface area contributed by atoms with Crippen LogP contribution in [0.4, 0.5) is 5.82 Å². The molecule has 0 aliphatic heterocycles. The quantitative estimate of drug-likeness (QED) is 0.669. The summed E-state index contributed by atoms with van der Waals surface area (Å²) in [7, 11) is 5.46. The monoisotopic (exact) mass is 402 g/mol. The molecule has 2 aromatic heterocycles. The van der Waals surface area contributed by atoms with Crippen LogP contribution in [0.15, 0.2) is 41.8 Å². The van der Waals surface area contributed by atoms with Crippen molar-refractivity contribution in [2.75, 3.05) is 26.5 Å². The maximum Gasteiger partial charge on any atom is 0.258 e. The van der Waals surface area contributed by atoms with Crippen LogP contribution in [0.1, 0.15) is 15.9 Å². The highest BCUT2D eigenvalue weighted by molar-refractivity contribution is 7.14. The number of ether oxygens (including phenoxy) is 1. The van der Waals surface area contributed by atoms with Gasteiger partial charge in [0, 0.05) is 27.9 Å². The highest BCUT2D eigenvalue weighted by atomic mass is 35.5. The predicted octanol–water partition coefficient (Wildman–Crippen LogP) is 4.18. The Morgan fingerprint density at radius 2 is 1.93 bits per heavy atom. The summed E-state index contributed by atoms with van der Waals surface area (Å²) in [6.07, 6.45) is 0. The second-order valence-corrected chi connectivity index (χ2v) is 7.43. The number of carbonyl (C=O) groups is 1. The van der Waals surface area contributed by atoms with Crippen LogP contribution < -0.4 is 10.1 Å². The Kier molecular flexibility index (Phi) is 6.05. The van der Waals surface area contributed by atoms with Gasteiger partial charge < -0.3 is 15.0 Å². The molecule has 6 nitrogen and oxygen atoms in total. The van der Waals surface area contributed by atoms with Gasteiger partial charge in [0.15, 0.2) is 5.82 Å². The molecule has 0 saturated heterocycles. The van der Waals surface area contributed by atoms with E-state index in [2.05, 4.69) is 15.5 Å². The minimum atomic E-state index is -0.220. The van der Waals surface area contributed by atoms with Gasteiger partial charge in [0.05, 0.1) is 12.7 Å². The Bertz CT molecular complexity index is 924. The number of thiophene rings is 1. The van der Waals surface area contributed by atoms with Crippen molar-refractivity contribution in [3.8, 4) is 16.3 Å². The second kappa shape index (κ2) is 8.47. The van der Waals surface area contributed by atoms with E-state index in [1.807, 2.05) is 48.6 Å². The van der Waals surface area contributed by atoms with Gasteiger partial charge in [0.25, 0.3) is 5.91 Å². The molecule has 0 radical (unpaired) electrons. The molecule has 0 unspecified atom stereocenters. The molecule has 1 N–H and O–H groups in total. The number of anilines is 1. The molecule has 0 fully saturated rings. The molecule has 140 valence electrons. The summed E-state index contributed by atoms with van der Waals surface area (Å²) < 4.78 is 4.98. The van der Waals surface area contributed by atoms with E-state index in [4.69, 9.17) is 16.3 Å². The molecular formula is C19H19ClN4O2S. The summed E-state index contributed by atoms with van der Waals surface area (Å²) in [5.41, 5.74) is 2.62. The van der Waals surface area contributed by atoms with Crippen LogP contribution in [-0.4, -0.2) is 42.2 Å². The van der Waals surface area contributed by atoms with Crippen LogP contribution in [0.2, 0.25) is 5.02 Å². The summed E-state index contributed by atoms with van der Waals surface area (Å²) in [5.74, 6) is 0.542. The highest BCUT2D eigenvalue weighted by Gasteiger charge is 2.20. The fourth-order valence-corrected chi connectivity index (χ4v) is 3.77. The molecule has 3 rings (SSSR count).